The first-order valence-electron chi connectivity index (χ1n) is 7.41. The number of ether oxygens (including phenoxy) is 1. The Hall–Kier alpha value is -0.760. The minimum absolute atomic E-state index is 1.09. The van der Waals surface area contributed by atoms with Crippen LogP contribution in [0.3, 0.4) is 0 Å². The standard InChI is InChI=1S/C16H29NO/c1-4-17-12-8-6-5-7-9-15-13-14(2)10-11-16(15)18-3/h13,17H,4-12H2,1-3H3. The summed E-state index contributed by atoms with van der Waals surface area (Å²) in [7, 11) is 1.81. The van der Waals surface area contributed by atoms with Gasteiger partial charge < -0.3 is 10.1 Å². The summed E-state index contributed by atoms with van der Waals surface area (Å²) in [5.74, 6) is 1.22. The van der Waals surface area contributed by atoms with Gasteiger partial charge in [-0.25, -0.2) is 0 Å². The third-order valence-electron chi connectivity index (χ3n) is 3.57. The van der Waals surface area contributed by atoms with Crippen molar-refractivity contribution in [1.29, 1.82) is 0 Å². The first-order chi connectivity index (χ1) is 8.77. The number of nitrogens with one attached hydrogen (secondary N) is 1. The summed E-state index contributed by atoms with van der Waals surface area (Å²) in [6.07, 6.45) is 11.0. The van der Waals surface area contributed by atoms with E-state index >= 15 is 0 Å². The van der Waals surface area contributed by atoms with Gasteiger partial charge >= 0.3 is 0 Å². The summed E-state index contributed by atoms with van der Waals surface area (Å²) in [6, 6.07) is 0. The zero-order valence-electron chi connectivity index (χ0n) is 12.3. The van der Waals surface area contributed by atoms with Crippen molar-refractivity contribution in [1.82, 2.24) is 5.32 Å². The molecule has 1 N–H and O–H groups in total. The number of hydrogen-bond acceptors (Lipinski definition) is 2. The van der Waals surface area contributed by atoms with Gasteiger partial charge in [-0.3, -0.25) is 0 Å². The van der Waals surface area contributed by atoms with Crippen LogP contribution in [0.15, 0.2) is 23.0 Å². The van der Waals surface area contributed by atoms with E-state index in [0.717, 1.165) is 19.4 Å². The Morgan fingerprint density at radius 3 is 2.67 bits per heavy atom. The number of unbranched alkanes of at least 4 members (excludes halogenated alkanes) is 3. The smallest absolute Gasteiger partial charge is 0.0990 e. The van der Waals surface area contributed by atoms with E-state index in [0.29, 0.717) is 0 Å². The Morgan fingerprint density at radius 1 is 1.17 bits per heavy atom. The van der Waals surface area contributed by atoms with Crippen molar-refractivity contribution in [2.24, 2.45) is 0 Å². The Labute approximate surface area is 112 Å². The lowest BCUT2D eigenvalue weighted by Gasteiger charge is -2.17. The van der Waals surface area contributed by atoms with Crippen LogP contribution in [0, 0.1) is 0 Å². The predicted octanol–water partition coefficient (Wildman–Crippen LogP) is 4.19. The second-order valence-electron chi connectivity index (χ2n) is 5.16. The maximum atomic E-state index is 5.49. The van der Waals surface area contributed by atoms with Gasteiger partial charge in [0.25, 0.3) is 0 Å². The van der Waals surface area contributed by atoms with Gasteiger partial charge in [0.05, 0.1) is 12.9 Å². The summed E-state index contributed by atoms with van der Waals surface area (Å²) >= 11 is 0. The molecule has 1 rings (SSSR count). The van der Waals surface area contributed by atoms with Gasteiger partial charge in [-0.05, 0) is 51.3 Å². The molecule has 0 aromatic carbocycles. The molecule has 0 aromatic heterocycles. The minimum atomic E-state index is 1.09. The van der Waals surface area contributed by atoms with Crippen molar-refractivity contribution in [3.8, 4) is 0 Å². The normalized spacial score (nSPS) is 15.8. The fourth-order valence-corrected chi connectivity index (χ4v) is 2.46. The molecule has 0 aliphatic heterocycles. The van der Waals surface area contributed by atoms with E-state index in [4.69, 9.17) is 4.74 Å². The van der Waals surface area contributed by atoms with E-state index in [1.807, 2.05) is 0 Å². The van der Waals surface area contributed by atoms with Gasteiger partial charge in [-0.1, -0.05) is 31.4 Å². The van der Waals surface area contributed by atoms with Crippen molar-refractivity contribution >= 4 is 0 Å². The van der Waals surface area contributed by atoms with Gasteiger partial charge in [0, 0.05) is 6.42 Å². The average Bonchev–Trinajstić information content (AvgIpc) is 2.38. The molecule has 2 heteroatoms. The molecule has 0 bridgehead atoms. The van der Waals surface area contributed by atoms with E-state index in [1.54, 1.807) is 7.11 Å². The van der Waals surface area contributed by atoms with Crippen LogP contribution in [0.2, 0.25) is 0 Å². The fourth-order valence-electron chi connectivity index (χ4n) is 2.46. The Kier molecular flexibility index (Phi) is 7.83. The molecular weight excluding hydrogens is 222 g/mol. The van der Waals surface area contributed by atoms with Crippen molar-refractivity contribution < 1.29 is 4.74 Å². The fraction of sp³-hybridized carbons (Fsp3) is 0.750. The molecule has 0 unspecified atom stereocenters. The molecule has 1 aliphatic carbocycles. The zero-order valence-corrected chi connectivity index (χ0v) is 12.3. The van der Waals surface area contributed by atoms with Crippen LogP contribution in [0.4, 0.5) is 0 Å². The first kappa shape index (κ1) is 15.3. The maximum Gasteiger partial charge on any atom is 0.0990 e. The van der Waals surface area contributed by atoms with Crippen LogP contribution >= 0.6 is 0 Å². The monoisotopic (exact) mass is 251 g/mol. The van der Waals surface area contributed by atoms with E-state index in [1.165, 1.54) is 55.6 Å². The summed E-state index contributed by atoms with van der Waals surface area (Å²) in [5.41, 5.74) is 2.94. The number of rotatable bonds is 9. The molecule has 0 fully saturated rings. The lowest BCUT2D eigenvalue weighted by molar-refractivity contribution is 0.270. The molecular formula is C16H29NO. The highest BCUT2D eigenvalue weighted by molar-refractivity contribution is 5.30. The second kappa shape index (κ2) is 9.21. The van der Waals surface area contributed by atoms with E-state index in [2.05, 4.69) is 25.2 Å². The van der Waals surface area contributed by atoms with Gasteiger partial charge in [0.15, 0.2) is 0 Å². The summed E-state index contributed by atoms with van der Waals surface area (Å²) in [6.45, 7) is 6.65. The highest BCUT2D eigenvalue weighted by atomic mass is 16.5. The molecule has 0 saturated heterocycles. The predicted molar refractivity (Wildman–Crippen MR) is 78.7 cm³/mol. The number of hydrogen-bond donors (Lipinski definition) is 1. The van der Waals surface area contributed by atoms with Crippen molar-refractivity contribution in [3.05, 3.63) is 23.0 Å². The molecule has 0 atom stereocenters. The van der Waals surface area contributed by atoms with E-state index in [-0.39, 0.29) is 0 Å². The molecule has 0 spiro atoms. The Morgan fingerprint density at radius 2 is 1.94 bits per heavy atom. The highest BCUT2D eigenvalue weighted by Gasteiger charge is 2.11. The third-order valence-corrected chi connectivity index (χ3v) is 3.57. The largest absolute Gasteiger partial charge is 0.501 e. The van der Waals surface area contributed by atoms with E-state index in [9.17, 15) is 0 Å². The average molecular weight is 251 g/mol. The van der Waals surface area contributed by atoms with Crippen molar-refractivity contribution in [3.63, 3.8) is 0 Å². The molecule has 18 heavy (non-hydrogen) atoms. The van der Waals surface area contributed by atoms with Gasteiger partial charge in [-0.2, -0.15) is 0 Å². The first-order valence-corrected chi connectivity index (χ1v) is 7.41. The Bertz CT molecular complexity index is 291. The summed E-state index contributed by atoms with van der Waals surface area (Å²) in [4.78, 5) is 0. The highest BCUT2D eigenvalue weighted by Crippen LogP contribution is 2.27. The summed E-state index contributed by atoms with van der Waals surface area (Å²) in [5, 5.41) is 3.37. The van der Waals surface area contributed by atoms with E-state index < -0.39 is 0 Å². The Balaban J connectivity index is 2.19. The van der Waals surface area contributed by atoms with Crippen molar-refractivity contribution in [2.45, 2.75) is 58.8 Å². The van der Waals surface area contributed by atoms with Crippen LogP contribution in [-0.2, 0) is 4.74 Å². The molecule has 104 valence electrons. The zero-order chi connectivity index (χ0) is 13.2. The molecule has 1 aliphatic rings. The minimum Gasteiger partial charge on any atom is -0.501 e. The van der Waals surface area contributed by atoms with Crippen LogP contribution in [-0.4, -0.2) is 20.2 Å². The third kappa shape index (κ3) is 5.72. The molecule has 0 aromatic rings. The number of methoxy groups -OCH3 is 1. The van der Waals surface area contributed by atoms with Crippen molar-refractivity contribution in [2.75, 3.05) is 20.2 Å². The number of allylic oxidation sites excluding steroid dienone is 4. The van der Waals surface area contributed by atoms with Crippen LogP contribution in [0.1, 0.15) is 58.8 Å². The van der Waals surface area contributed by atoms with Gasteiger partial charge in [0.2, 0.25) is 0 Å². The lowest BCUT2D eigenvalue weighted by Crippen LogP contribution is -2.13. The second-order valence-corrected chi connectivity index (χ2v) is 5.16. The molecule has 0 heterocycles. The molecule has 0 amide bonds. The van der Waals surface area contributed by atoms with Gasteiger partial charge in [0.1, 0.15) is 0 Å². The topological polar surface area (TPSA) is 21.3 Å². The lowest BCUT2D eigenvalue weighted by atomic mass is 9.95. The van der Waals surface area contributed by atoms with Crippen LogP contribution < -0.4 is 5.32 Å². The van der Waals surface area contributed by atoms with Crippen LogP contribution in [0.25, 0.3) is 0 Å². The quantitative estimate of drug-likeness (QED) is 0.620. The summed E-state index contributed by atoms with van der Waals surface area (Å²) < 4.78 is 5.49. The van der Waals surface area contributed by atoms with Gasteiger partial charge in [-0.15, -0.1) is 0 Å². The van der Waals surface area contributed by atoms with Crippen LogP contribution in [0.5, 0.6) is 0 Å². The maximum absolute atomic E-state index is 5.49. The molecule has 2 nitrogen and oxygen atoms in total. The SMILES string of the molecule is CCNCCCCCCC1=C(OC)CCC(C)=C1. The molecule has 0 saturated carbocycles. The molecule has 0 radical (unpaired) electrons.